The van der Waals surface area contributed by atoms with Gasteiger partial charge in [0.05, 0.1) is 6.10 Å². The molecular weight excluding hydrogens is 320 g/mol. The number of unbranched alkanes of at least 4 members (excludes halogenated alkanes) is 1. The van der Waals surface area contributed by atoms with Gasteiger partial charge in [-0.3, -0.25) is 0 Å². The van der Waals surface area contributed by atoms with Crippen molar-refractivity contribution in [3.63, 3.8) is 0 Å². The molecule has 0 amide bonds. The van der Waals surface area contributed by atoms with Gasteiger partial charge in [0.1, 0.15) is 5.82 Å². The van der Waals surface area contributed by atoms with Crippen LogP contribution < -0.4 is 0 Å². The van der Waals surface area contributed by atoms with Crippen molar-refractivity contribution in [3.05, 3.63) is 35.7 Å². The number of rotatable bonds is 14. The van der Waals surface area contributed by atoms with Crippen LogP contribution in [0.5, 0.6) is 0 Å². The van der Waals surface area contributed by atoms with E-state index in [0.717, 1.165) is 44.6 Å². The number of nitrogens with zero attached hydrogens (tertiary/aromatic N) is 2. The number of allylic oxidation sites excluding steroid dienone is 3. The molecule has 0 bridgehead atoms. The molecular formula is C23H42N2O. The Kier molecular flexibility index (Phi) is 14.0. The minimum atomic E-state index is 0.179. The number of aliphatic imine (C=N–C) groups is 1. The summed E-state index contributed by atoms with van der Waals surface area (Å²) in [5.41, 5.74) is 3.83. The van der Waals surface area contributed by atoms with Gasteiger partial charge in [-0.15, -0.1) is 0 Å². The first-order valence-electron chi connectivity index (χ1n) is 10.2. The largest absolute Gasteiger partial charge is 0.377 e. The summed E-state index contributed by atoms with van der Waals surface area (Å²) < 4.78 is 5.33. The van der Waals surface area contributed by atoms with E-state index in [1.807, 2.05) is 0 Å². The summed E-state index contributed by atoms with van der Waals surface area (Å²) in [6.07, 6.45) is 11.3. The van der Waals surface area contributed by atoms with Crippen molar-refractivity contribution < 1.29 is 4.74 Å². The molecule has 0 aliphatic carbocycles. The zero-order valence-corrected chi connectivity index (χ0v) is 18.4. The Balaban J connectivity index is 4.47. The molecule has 0 aromatic heterocycles. The highest BCUT2D eigenvalue weighted by Gasteiger charge is 2.06. The van der Waals surface area contributed by atoms with Crippen molar-refractivity contribution >= 4 is 5.71 Å². The summed E-state index contributed by atoms with van der Waals surface area (Å²) in [6, 6.07) is 0. The van der Waals surface area contributed by atoms with Crippen LogP contribution >= 0.6 is 0 Å². The van der Waals surface area contributed by atoms with Gasteiger partial charge in [0.25, 0.3) is 0 Å². The number of methoxy groups -OCH3 is 1. The highest BCUT2D eigenvalue weighted by molar-refractivity contribution is 5.82. The summed E-state index contributed by atoms with van der Waals surface area (Å²) in [7, 11) is 1.75. The van der Waals surface area contributed by atoms with Crippen LogP contribution in [0.15, 0.2) is 40.7 Å². The van der Waals surface area contributed by atoms with E-state index in [1.165, 1.54) is 29.7 Å². The summed E-state index contributed by atoms with van der Waals surface area (Å²) in [6.45, 7) is 19.2. The molecule has 0 fully saturated rings. The molecule has 0 aromatic carbocycles. The van der Waals surface area contributed by atoms with Gasteiger partial charge in [0.15, 0.2) is 0 Å². The van der Waals surface area contributed by atoms with Gasteiger partial charge in [-0.05, 0) is 65.4 Å². The molecule has 3 heteroatoms. The third kappa shape index (κ3) is 11.3. The highest BCUT2D eigenvalue weighted by atomic mass is 16.5. The maximum Gasteiger partial charge on any atom is 0.121 e. The van der Waals surface area contributed by atoms with E-state index in [1.54, 1.807) is 7.11 Å². The van der Waals surface area contributed by atoms with Crippen LogP contribution in [0.1, 0.15) is 80.1 Å². The van der Waals surface area contributed by atoms with E-state index in [9.17, 15) is 0 Å². The minimum Gasteiger partial charge on any atom is -0.377 e. The van der Waals surface area contributed by atoms with Crippen LogP contribution in [-0.4, -0.2) is 36.9 Å². The zero-order valence-electron chi connectivity index (χ0n) is 18.4. The normalized spacial score (nSPS) is 14.5. The summed E-state index contributed by atoms with van der Waals surface area (Å²) in [5, 5.41) is 0. The van der Waals surface area contributed by atoms with Crippen molar-refractivity contribution in [2.75, 3.05) is 20.2 Å². The fraction of sp³-hybridized carbons (Fsp3) is 0.696. The Labute approximate surface area is 162 Å². The van der Waals surface area contributed by atoms with Crippen molar-refractivity contribution in [3.8, 4) is 0 Å². The Morgan fingerprint density at radius 3 is 2.31 bits per heavy atom. The molecule has 0 saturated heterocycles. The van der Waals surface area contributed by atoms with Crippen LogP contribution in [0.2, 0.25) is 0 Å². The lowest BCUT2D eigenvalue weighted by atomic mass is 10.1. The van der Waals surface area contributed by atoms with E-state index in [0.29, 0.717) is 0 Å². The Hall–Kier alpha value is -1.35. The first kappa shape index (κ1) is 24.7. The summed E-state index contributed by atoms with van der Waals surface area (Å²) in [4.78, 5) is 7.08. The van der Waals surface area contributed by atoms with Gasteiger partial charge in [-0.1, -0.05) is 44.6 Å². The standard InChI is InChI=1S/C23H42N2O/c1-9-11-18-25(17-10-2)23(7)24-21(5)14-12-13-19(3)15-16-20(4)22(6)26-8/h15-16,22H,7,9-14,17-18H2,1-6,8H3/b19-15+,20-16-,24-21+. The maximum absolute atomic E-state index is 5.33. The lowest BCUT2D eigenvalue weighted by molar-refractivity contribution is 0.147. The quantitative estimate of drug-likeness (QED) is 0.259. The van der Waals surface area contributed by atoms with Crippen LogP contribution in [0.25, 0.3) is 0 Å². The molecule has 0 spiro atoms. The van der Waals surface area contributed by atoms with E-state index in [2.05, 4.69) is 65.2 Å². The second kappa shape index (κ2) is 14.8. The molecule has 150 valence electrons. The van der Waals surface area contributed by atoms with Gasteiger partial charge in [0.2, 0.25) is 0 Å². The lowest BCUT2D eigenvalue weighted by Gasteiger charge is -2.23. The molecule has 0 aliphatic rings. The third-order valence-corrected chi connectivity index (χ3v) is 4.70. The third-order valence-electron chi connectivity index (χ3n) is 4.70. The van der Waals surface area contributed by atoms with E-state index < -0.39 is 0 Å². The first-order valence-corrected chi connectivity index (χ1v) is 10.2. The van der Waals surface area contributed by atoms with Gasteiger partial charge >= 0.3 is 0 Å². The second-order valence-corrected chi connectivity index (χ2v) is 7.26. The van der Waals surface area contributed by atoms with Crippen molar-refractivity contribution in [1.29, 1.82) is 0 Å². The van der Waals surface area contributed by atoms with Crippen molar-refractivity contribution in [2.45, 2.75) is 86.2 Å². The smallest absolute Gasteiger partial charge is 0.121 e. The average Bonchev–Trinajstić information content (AvgIpc) is 2.62. The molecule has 0 radical (unpaired) electrons. The first-order chi connectivity index (χ1) is 12.3. The Morgan fingerprint density at radius 2 is 1.73 bits per heavy atom. The number of ether oxygens (including phenoxy) is 1. The molecule has 0 aliphatic heterocycles. The van der Waals surface area contributed by atoms with Crippen LogP contribution in [0.4, 0.5) is 0 Å². The number of hydrogen-bond donors (Lipinski definition) is 0. The van der Waals surface area contributed by atoms with Gasteiger partial charge < -0.3 is 9.64 Å². The predicted octanol–water partition coefficient (Wildman–Crippen LogP) is 6.53. The van der Waals surface area contributed by atoms with E-state index in [4.69, 9.17) is 9.73 Å². The SMILES string of the molecule is C=C(/N=C(\C)CCC/C(C)=C/C=C(/C)C(C)OC)N(CCC)CCCC. The monoisotopic (exact) mass is 362 g/mol. The fourth-order valence-electron chi connectivity index (χ4n) is 2.64. The highest BCUT2D eigenvalue weighted by Crippen LogP contribution is 2.12. The molecule has 26 heavy (non-hydrogen) atoms. The predicted molar refractivity (Wildman–Crippen MR) is 117 cm³/mol. The summed E-state index contributed by atoms with van der Waals surface area (Å²) in [5.74, 6) is 0.928. The molecule has 0 N–H and O–H groups in total. The molecule has 3 nitrogen and oxygen atoms in total. The lowest BCUT2D eigenvalue weighted by Crippen LogP contribution is -2.24. The van der Waals surface area contributed by atoms with Gasteiger partial charge in [-0.2, -0.15) is 0 Å². The summed E-state index contributed by atoms with van der Waals surface area (Å²) >= 11 is 0. The molecule has 0 saturated carbocycles. The number of hydrogen-bond acceptors (Lipinski definition) is 3. The molecule has 1 unspecified atom stereocenters. The molecule has 1 atom stereocenters. The topological polar surface area (TPSA) is 24.8 Å². The van der Waals surface area contributed by atoms with E-state index in [-0.39, 0.29) is 6.10 Å². The molecule has 0 rings (SSSR count). The van der Waals surface area contributed by atoms with Crippen molar-refractivity contribution in [2.24, 2.45) is 4.99 Å². The van der Waals surface area contributed by atoms with Crippen LogP contribution in [-0.2, 0) is 4.74 Å². The van der Waals surface area contributed by atoms with Crippen molar-refractivity contribution in [1.82, 2.24) is 4.90 Å². The fourth-order valence-corrected chi connectivity index (χ4v) is 2.64. The van der Waals surface area contributed by atoms with Crippen LogP contribution in [0.3, 0.4) is 0 Å². The second-order valence-electron chi connectivity index (χ2n) is 7.26. The average molecular weight is 363 g/mol. The molecule has 0 heterocycles. The minimum absolute atomic E-state index is 0.179. The maximum atomic E-state index is 5.33. The Bertz CT molecular complexity index is 488. The van der Waals surface area contributed by atoms with E-state index >= 15 is 0 Å². The van der Waals surface area contributed by atoms with Gasteiger partial charge in [-0.25, -0.2) is 4.99 Å². The van der Waals surface area contributed by atoms with Gasteiger partial charge in [0, 0.05) is 25.9 Å². The van der Waals surface area contributed by atoms with Crippen LogP contribution in [0, 0.1) is 0 Å². The molecule has 0 aromatic rings. The Morgan fingerprint density at radius 1 is 1.04 bits per heavy atom. The zero-order chi connectivity index (χ0) is 19.9.